The number of nitrogens with zero attached hydrogens (tertiary/aromatic N) is 3. The molecular formula is C15H21N3O3. The van der Waals surface area contributed by atoms with Crippen LogP contribution in [-0.2, 0) is 9.47 Å². The minimum Gasteiger partial charge on any atom is -0.378 e. The number of aromatic nitrogens is 1. The van der Waals surface area contributed by atoms with Crippen LogP contribution in [0.4, 0.5) is 5.82 Å². The second kappa shape index (κ2) is 6.41. The van der Waals surface area contributed by atoms with Crippen LogP contribution in [-0.4, -0.2) is 67.9 Å². The van der Waals surface area contributed by atoms with Gasteiger partial charge in [0.15, 0.2) is 0 Å². The smallest absolute Gasteiger partial charge is 0.257 e. The SMILES string of the molecule is CC1CN(C(=O)c2cccnc2N2CCOCC2)CCO1. The standard InChI is InChI=1S/C15H21N3O3/c1-12-11-18(7-10-21-12)15(19)13-3-2-4-16-14(13)17-5-8-20-9-6-17/h2-4,12H,5-11H2,1H3. The van der Waals surface area contributed by atoms with Gasteiger partial charge < -0.3 is 19.3 Å². The Labute approximate surface area is 124 Å². The van der Waals surface area contributed by atoms with Crippen molar-refractivity contribution in [1.29, 1.82) is 0 Å². The van der Waals surface area contributed by atoms with Gasteiger partial charge in [0, 0.05) is 32.4 Å². The number of ether oxygens (including phenoxy) is 2. The third kappa shape index (κ3) is 3.16. The number of hydrogen-bond acceptors (Lipinski definition) is 5. The Hall–Kier alpha value is -1.66. The predicted molar refractivity (Wildman–Crippen MR) is 78.6 cm³/mol. The van der Waals surface area contributed by atoms with Crippen molar-refractivity contribution >= 4 is 11.7 Å². The molecule has 0 saturated carbocycles. The average molecular weight is 291 g/mol. The van der Waals surface area contributed by atoms with Gasteiger partial charge in [-0.1, -0.05) is 0 Å². The first kappa shape index (κ1) is 14.3. The van der Waals surface area contributed by atoms with Gasteiger partial charge in [0.05, 0.1) is 31.5 Å². The maximum atomic E-state index is 12.8. The highest BCUT2D eigenvalue weighted by Crippen LogP contribution is 2.21. The summed E-state index contributed by atoms with van der Waals surface area (Å²) in [6.45, 7) is 6.77. The van der Waals surface area contributed by atoms with Crippen molar-refractivity contribution in [1.82, 2.24) is 9.88 Å². The van der Waals surface area contributed by atoms with Crippen molar-refractivity contribution in [3.05, 3.63) is 23.9 Å². The lowest BCUT2D eigenvalue weighted by Gasteiger charge is -2.33. The Balaban J connectivity index is 1.82. The van der Waals surface area contributed by atoms with Crippen LogP contribution in [0.5, 0.6) is 0 Å². The topological polar surface area (TPSA) is 54.9 Å². The molecule has 2 fully saturated rings. The maximum Gasteiger partial charge on any atom is 0.257 e. The van der Waals surface area contributed by atoms with Gasteiger partial charge >= 0.3 is 0 Å². The van der Waals surface area contributed by atoms with Crippen molar-refractivity contribution < 1.29 is 14.3 Å². The Morgan fingerprint density at radius 1 is 1.29 bits per heavy atom. The Morgan fingerprint density at radius 3 is 2.86 bits per heavy atom. The Kier molecular flexibility index (Phi) is 4.36. The van der Waals surface area contributed by atoms with Gasteiger partial charge in [-0.3, -0.25) is 4.79 Å². The van der Waals surface area contributed by atoms with Gasteiger partial charge in [0.2, 0.25) is 0 Å². The van der Waals surface area contributed by atoms with Crippen molar-refractivity contribution in [2.75, 3.05) is 50.9 Å². The molecule has 1 unspecified atom stereocenters. The summed E-state index contributed by atoms with van der Waals surface area (Å²) in [7, 11) is 0. The quantitative estimate of drug-likeness (QED) is 0.806. The first-order chi connectivity index (χ1) is 10.3. The van der Waals surface area contributed by atoms with Gasteiger partial charge in [0.25, 0.3) is 5.91 Å². The molecule has 1 amide bonds. The average Bonchev–Trinajstić information content (AvgIpc) is 2.55. The zero-order valence-electron chi connectivity index (χ0n) is 12.3. The molecule has 3 rings (SSSR count). The van der Waals surface area contributed by atoms with E-state index in [0.29, 0.717) is 38.5 Å². The lowest BCUT2D eigenvalue weighted by Crippen LogP contribution is -2.45. The fraction of sp³-hybridized carbons (Fsp3) is 0.600. The highest BCUT2D eigenvalue weighted by Gasteiger charge is 2.26. The maximum absolute atomic E-state index is 12.8. The number of pyridine rings is 1. The summed E-state index contributed by atoms with van der Waals surface area (Å²) >= 11 is 0. The van der Waals surface area contributed by atoms with E-state index in [1.54, 1.807) is 6.20 Å². The fourth-order valence-corrected chi connectivity index (χ4v) is 2.76. The number of carbonyl (C=O) groups is 1. The molecule has 2 aliphatic rings. The molecule has 1 aromatic heterocycles. The van der Waals surface area contributed by atoms with Gasteiger partial charge in [0.1, 0.15) is 5.82 Å². The summed E-state index contributed by atoms with van der Waals surface area (Å²) in [5.74, 6) is 0.810. The van der Waals surface area contributed by atoms with Gasteiger partial charge in [-0.15, -0.1) is 0 Å². The molecule has 114 valence electrons. The van der Waals surface area contributed by atoms with Crippen LogP contribution in [0.25, 0.3) is 0 Å². The summed E-state index contributed by atoms with van der Waals surface area (Å²) < 4.78 is 10.9. The number of rotatable bonds is 2. The van der Waals surface area contributed by atoms with E-state index in [-0.39, 0.29) is 12.0 Å². The zero-order chi connectivity index (χ0) is 14.7. The van der Waals surface area contributed by atoms with E-state index in [0.717, 1.165) is 18.9 Å². The number of anilines is 1. The van der Waals surface area contributed by atoms with Crippen molar-refractivity contribution in [3.8, 4) is 0 Å². The molecule has 0 radical (unpaired) electrons. The normalized spacial score (nSPS) is 23.2. The predicted octanol–water partition coefficient (Wildman–Crippen LogP) is 0.779. The summed E-state index contributed by atoms with van der Waals surface area (Å²) in [4.78, 5) is 21.2. The zero-order valence-corrected chi connectivity index (χ0v) is 12.3. The van der Waals surface area contributed by atoms with Gasteiger partial charge in [-0.05, 0) is 19.1 Å². The van der Waals surface area contributed by atoms with Crippen LogP contribution in [0.3, 0.4) is 0 Å². The summed E-state index contributed by atoms with van der Waals surface area (Å²) in [6, 6.07) is 3.68. The number of amides is 1. The lowest BCUT2D eigenvalue weighted by atomic mass is 10.2. The Morgan fingerprint density at radius 2 is 2.10 bits per heavy atom. The van der Waals surface area contributed by atoms with E-state index in [4.69, 9.17) is 9.47 Å². The van der Waals surface area contributed by atoms with Crippen molar-refractivity contribution in [2.24, 2.45) is 0 Å². The third-order valence-electron chi connectivity index (χ3n) is 3.86. The first-order valence-electron chi connectivity index (χ1n) is 7.44. The molecule has 0 N–H and O–H groups in total. The third-order valence-corrected chi connectivity index (χ3v) is 3.86. The molecule has 6 heteroatoms. The molecule has 0 spiro atoms. The van der Waals surface area contributed by atoms with E-state index in [9.17, 15) is 4.79 Å². The minimum absolute atomic E-state index is 0.0414. The van der Waals surface area contributed by atoms with Crippen LogP contribution in [0, 0.1) is 0 Å². The van der Waals surface area contributed by atoms with Crippen LogP contribution in [0.2, 0.25) is 0 Å². The Bertz CT molecular complexity index is 503. The van der Waals surface area contributed by atoms with E-state index < -0.39 is 0 Å². The van der Waals surface area contributed by atoms with Crippen LogP contribution >= 0.6 is 0 Å². The van der Waals surface area contributed by atoms with Crippen LogP contribution in [0.1, 0.15) is 17.3 Å². The van der Waals surface area contributed by atoms with Crippen molar-refractivity contribution in [3.63, 3.8) is 0 Å². The number of morpholine rings is 2. The highest BCUT2D eigenvalue weighted by molar-refractivity contribution is 5.99. The van der Waals surface area contributed by atoms with E-state index in [1.807, 2.05) is 24.0 Å². The minimum atomic E-state index is 0.0414. The second-order valence-corrected chi connectivity index (χ2v) is 5.41. The number of carbonyl (C=O) groups excluding carboxylic acids is 1. The molecule has 0 aliphatic carbocycles. The molecule has 21 heavy (non-hydrogen) atoms. The fourth-order valence-electron chi connectivity index (χ4n) is 2.76. The lowest BCUT2D eigenvalue weighted by molar-refractivity contribution is -0.0124. The number of hydrogen-bond donors (Lipinski definition) is 0. The molecule has 0 aromatic carbocycles. The largest absolute Gasteiger partial charge is 0.378 e. The summed E-state index contributed by atoms with van der Waals surface area (Å²) in [6.07, 6.45) is 1.83. The van der Waals surface area contributed by atoms with E-state index in [1.165, 1.54) is 0 Å². The summed E-state index contributed by atoms with van der Waals surface area (Å²) in [5, 5.41) is 0. The van der Waals surface area contributed by atoms with E-state index in [2.05, 4.69) is 9.88 Å². The van der Waals surface area contributed by atoms with Gasteiger partial charge in [-0.25, -0.2) is 4.98 Å². The van der Waals surface area contributed by atoms with E-state index >= 15 is 0 Å². The summed E-state index contributed by atoms with van der Waals surface area (Å²) in [5.41, 5.74) is 0.675. The molecule has 2 aliphatic heterocycles. The molecular weight excluding hydrogens is 270 g/mol. The molecule has 2 saturated heterocycles. The van der Waals surface area contributed by atoms with Crippen molar-refractivity contribution in [2.45, 2.75) is 13.0 Å². The highest BCUT2D eigenvalue weighted by atomic mass is 16.5. The van der Waals surface area contributed by atoms with Crippen LogP contribution in [0.15, 0.2) is 18.3 Å². The second-order valence-electron chi connectivity index (χ2n) is 5.41. The monoisotopic (exact) mass is 291 g/mol. The van der Waals surface area contributed by atoms with Gasteiger partial charge in [-0.2, -0.15) is 0 Å². The molecule has 6 nitrogen and oxygen atoms in total. The van der Waals surface area contributed by atoms with Crippen LogP contribution < -0.4 is 4.90 Å². The molecule has 0 bridgehead atoms. The molecule has 1 atom stereocenters. The first-order valence-corrected chi connectivity index (χ1v) is 7.44. The molecule has 3 heterocycles. The molecule has 1 aromatic rings.